The Labute approximate surface area is 170 Å². The zero-order valence-corrected chi connectivity index (χ0v) is 15.8. The number of rotatable bonds is 7. The molecule has 0 atom stereocenters. The van der Waals surface area contributed by atoms with E-state index in [4.69, 9.17) is 9.47 Å². The number of ether oxygens (including phenoxy) is 2. The monoisotopic (exact) mass is 421 g/mol. The summed E-state index contributed by atoms with van der Waals surface area (Å²) in [6.45, 7) is 3.84. The lowest BCUT2D eigenvalue weighted by Gasteiger charge is -2.10. The summed E-state index contributed by atoms with van der Waals surface area (Å²) < 4.78 is 48.7. The van der Waals surface area contributed by atoms with Crippen molar-refractivity contribution in [1.29, 1.82) is 0 Å². The van der Waals surface area contributed by atoms with Gasteiger partial charge < -0.3 is 14.8 Å². The summed E-state index contributed by atoms with van der Waals surface area (Å²) in [5, 5.41) is 5.73. The molecule has 10 heteroatoms. The Morgan fingerprint density at radius 1 is 1.13 bits per heavy atom. The third kappa shape index (κ3) is 6.36. The summed E-state index contributed by atoms with van der Waals surface area (Å²) in [7, 11) is 1.46. The minimum Gasteiger partial charge on any atom is -0.493 e. The molecular weight excluding hydrogens is 403 g/mol. The third-order valence-corrected chi connectivity index (χ3v) is 3.58. The zero-order valence-electron chi connectivity index (χ0n) is 15.8. The molecule has 2 aromatic carbocycles. The van der Waals surface area contributed by atoms with E-state index in [9.17, 15) is 22.8 Å². The Hall–Kier alpha value is -3.82. The van der Waals surface area contributed by atoms with Crippen LogP contribution in [0.5, 0.6) is 11.5 Å². The van der Waals surface area contributed by atoms with Gasteiger partial charge in [0.05, 0.1) is 18.9 Å². The number of methoxy groups -OCH3 is 1. The predicted octanol–water partition coefficient (Wildman–Crippen LogP) is 3.37. The molecule has 158 valence electrons. The Morgan fingerprint density at radius 3 is 2.57 bits per heavy atom. The van der Waals surface area contributed by atoms with Crippen LogP contribution in [0.1, 0.15) is 11.1 Å². The van der Waals surface area contributed by atoms with Gasteiger partial charge in [0.15, 0.2) is 11.5 Å². The summed E-state index contributed by atoms with van der Waals surface area (Å²) in [5.74, 6) is -1.41. The van der Waals surface area contributed by atoms with Crippen LogP contribution in [0, 0.1) is 0 Å². The first-order valence-electron chi connectivity index (χ1n) is 8.48. The van der Waals surface area contributed by atoms with E-state index in [1.54, 1.807) is 24.3 Å². The fourth-order valence-corrected chi connectivity index (χ4v) is 2.21. The summed E-state index contributed by atoms with van der Waals surface area (Å²) in [6, 6.07) is 8.77. The smallest absolute Gasteiger partial charge is 0.416 e. The van der Waals surface area contributed by atoms with Crippen molar-refractivity contribution < 1.29 is 32.2 Å². The van der Waals surface area contributed by atoms with Gasteiger partial charge >= 0.3 is 18.0 Å². The molecule has 2 N–H and O–H groups in total. The van der Waals surface area contributed by atoms with Crippen molar-refractivity contribution in [2.24, 2.45) is 5.10 Å². The average molecular weight is 421 g/mol. The van der Waals surface area contributed by atoms with Crippen LogP contribution in [0.4, 0.5) is 18.9 Å². The number of hydrazone groups is 1. The van der Waals surface area contributed by atoms with E-state index >= 15 is 0 Å². The first kappa shape index (κ1) is 22.5. The van der Waals surface area contributed by atoms with Crippen molar-refractivity contribution in [3.63, 3.8) is 0 Å². The zero-order chi connectivity index (χ0) is 22.1. The topological polar surface area (TPSA) is 89.0 Å². The van der Waals surface area contributed by atoms with Crippen LogP contribution in [0.15, 0.2) is 60.2 Å². The molecule has 7 nitrogen and oxygen atoms in total. The molecule has 0 heterocycles. The fraction of sp³-hybridized carbons (Fsp3) is 0.150. The number of benzene rings is 2. The Bertz CT molecular complexity index is 959. The van der Waals surface area contributed by atoms with Crippen LogP contribution in [0.3, 0.4) is 0 Å². The lowest BCUT2D eigenvalue weighted by atomic mass is 10.2. The van der Waals surface area contributed by atoms with Crippen LogP contribution < -0.4 is 20.2 Å². The van der Waals surface area contributed by atoms with E-state index in [1.807, 2.05) is 5.43 Å². The van der Waals surface area contributed by atoms with Crippen molar-refractivity contribution >= 4 is 23.7 Å². The lowest BCUT2D eigenvalue weighted by molar-refractivity contribution is -0.137. The number of nitrogens with one attached hydrogen (secondary N) is 2. The molecule has 0 unspecified atom stereocenters. The molecule has 0 aliphatic heterocycles. The van der Waals surface area contributed by atoms with Crippen LogP contribution in [0.25, 0.3) is 0 Å². The van der Waals surface area contributed by atoms with Crippen molar-refractivity contribution in [2.45, 2.75) is 6.18 Å². The van der Waals surface area contributed by atoms with Gasteiger partial charge in [-0.15, -0.1) is 0 Å². The third-order valence-electron chi connectivity index (χ3n) is 3.58. The first-order chi connectivity index (χ1) is 14.2. The molecule has 0 aliphatic rings. The summed E-state index contributed by atoms with van der Waals surface area (Å²) in [6.07, 6.45) is -1.73. The highest BCUT2D eigenvalue weighted by Gasteiger charge is 2.30. The van der Waals surface area contributed by atoms with E-state index < -0.39 is 23.6 Å². The molecule has 0 spiro atoms. The number of hydrogen-bond acceptors (Lipinski definition) is 5. The largest absolute Gasteiger partial charge is 0.493 e. The van der Waals surface area contributed by atoms with Crippen LogP contribution in [0.2, 0.25) is 0 Å². The van der Waals surface area contributed by atoms with Gasteiger partial charge in [0.2, 0.25) is 0 Å². The van der Waals surface area contributed by atoms with Crippen LogP contribution in [-0.2, 0) is 15.8 Å². The van der Waals surface area contributed by atoms with E-state index in [0.29, 0.717) is 23.7 Å². The van der Waals surface area contributed by atoms with Gasteiger partial charge in [-0.25, -0.2) is 5.43 Å². The number of amides is 2. The molecule has 2 amide bonds. The highest BCUT2D eigenvalue weighted by atomic mass is 19.4. The molecule has 0 saturated heterocycles. The molecule has 2 aromatic rings. The van der Waals surface area contributed by atoms with E-state index in [0.717, 1.165) is 18.2 Å². The van der Waals surface area contributed by atoms with E-state index in [-0.39, 0.29) is 5.69 Å². The van der Waals surface area contributed by atoms with E-state index in [2.05, 4.69) is 17.0 Å². The van der Waals surface area contributed by atoms with Gasteiger partial charge in [-0.1, -0.05) is 18.7 Å². The van der Waals surface area contributed by atoms with Crippen molar-refractivity contribution in [2.75, 3.05) is 19.0 Å². The van der Waals surface area contributed by atoms with Crippen molar-refractivity contribution in [3.8, 4) is 11.5 Å². The Balaban J connectivity index is 1.97. The van der Waals surface area contributed by atoms with Crippen LogP contribution >= 0.6 is 0 Å². The number of carbonyl (C=O) groups is 2. The van der Waals surface area contributed by atoms with Gasteiger partial charge in [0.25, 0.3) is 0 Å². The molecule has 0 bridgehead atoms. The molecule has 0 fully saturated rings. The molecule has 0 aromatic heterocycles. The Kier molecular flexibility index (Phi) is 7.56. The highest BCUT2D eigenvalue weighted by Crippen LogP contribution is 2.30. The molecule has 0 aliphatic carbocycles. The summed E-state index contributed by atoms with van der Waals surface area (Å²) in [4.78, 5) is 23.6. The maximum atomic E-state index is 12.7. The number of hydrogen-bond donors (Lipinski definition) is 2. The second kappa shape index (κ2) is 10.1. The normalized spacial score (nSPS) is 11.1. The molecular formula is C20H18F3N3O4. The summed E-state index contributed by atoms with van der Waals surface area (Å²) >= 11 is 0. The quantitative estimate of drug-likeness (QED) is 0.311. The highest BCUT2D eigenvalue weighted by molar-refractivity contribution is 6.39. The minimum absolute atomic E-state index is 0.172. The lowest BCUT2D eigenvalue weighted by Crippen LogP contribution is -2.32. The second-order valence-electron chi connectivity index (χ2n) is 5.74. The maximum absolute atomic E-state index is 12.7. The SMILES string of the molecule is C=CCOc1ccc(/C=N\NC(=O)C(=O)Nc2cccc(C(F)(F)F)c2)cc1OC. The van der Waals surface area contributed by atoms with Gasteiger partial charge in [0.1, 0.15) is 6.61 Å². The molecule has 30 heavy (non-hydrogen) atoms. The van der Waals surface area contributed by atoms with Crippen LogP contribution in [-0.4, -0.2) is 31.7 Å². The van der Waals surface area contributed by atoms with Gasteiger partial charge in [0, 0.05) is 5.69 Å². The number of anilines is 1. The van der Waals surface area contributed by atoms with Gasteiger partial charge in [-0.3, -0.25) is 9.59 Å². The number of nitrogens with zero attached hydrogens (tertiary/aromatic N) is 1. The first-order valence-corrected chi connectivity index (χ1v) is 8.48. The number of carbonyl (C=O) groups excluding carboxylic acids is 2. The molecule has 0 radical (unpaired) electrons. The Morgan fingerprint density at radius 2 is 1.90 bits per heavy atom. The summed E-state index contributed by atoms with van der Waals surface area (Å²) in [5.41, 5.74) is 1.41. The fourth-order valence-electron chi connectivity index (χ4n) is 2.21. The number of halogens is 3. The van der Waals surface area contributed by atoms with Gasteiger partial charge in [-0.05, 0) is 42.0 Å². The van der Waals surface area contributed by atoms with Crippen molar-refractivity contribution in [3.05, 3.63) is 66.2 Å². The van der Waals surface area contributed by atoms with Crippen molar-refractivity contribution in [1.82, 2.24) is 5.43 Å². The predicted molar refractivity (Wildman–Crippen MR) is 104 cm³/mol. The van der Waals surface area contributed by atoms with Gasteiger partial charge in [-0.2, -0.15) is 18.3 Å². The second-order valence-corrected chi connectivity index (χ2v) is 5.74. The van der Waals surface area contributed by atoms with E-state index in [1.165, 1.54) is 19.4 Å². The number of alkyl halides is 3. The molecule has 0 saturated carbocycles. The minimum atomic E-state index is -4.57. The molecule has 2 rings (SSSR count). The maximum Gasteiger partial charge on any atom is 0.416 e. The standard InChI is InChI=1S/C20H18F3N3O4/c1-3-9-30-16-8-7-13(10-17(16)29-2)12-24-26-19(28)18(27)25-15-6-4-5-14(11-15)20(21,22)23/h3-8,10-12H,1,9H2,2H3,(H,25,27)(H,26,28)/b24-12-. The average Bonchev–Trinajstić information content (AvgIpc) is 2.72.